The summed E-state index contributed by atoms with van der Waals surface area (Å²) in [4.78, 5) is 24.4. The molecule has 138 valence electrons. The molecule has 26 heavy (non-hydrogen) atoms. The van der Waals surface area contributed by atoms with Crippen LogP contribution in [0, 0.1) is 0 Å². The van der Waals surface area contributed by atoms with Gasteiger partial charge in [0.05, 0.1) is 6.04 Å². The molecule has 0 spiro atoms. The second kappa shape index (κ2) is 10.4. The highest BCUT2D eigenvalue weighted by molar-refractivity contribution is 5.96. The van der Waals surface area contributed by atoms with Crippen LogP contribution in [0.4, 0.5) is 4.79 Å². The van der Waals surface area contributed by atoms with E-state index in [0.717, 1.165) is 18.4 Å². The summed E-state index contributed by atoms with van der Waals surface area (Å²) < 4.78 is 0. The number of quaternary nitrogens is 1. The van der Waals surface area contributed by atoms with Gasteiger partial charge in [0.25, 0.3) is 5.91 Å². The monoisotopic (exact) mass is 354 g/mol. The molecule has 0 saturated heterocycles. The highest BCUT2D eigenvalue weighted by Crippen LogP contribution is 2.10. The standard InChI is InChI=1S/C21H27N3O2/c1-3-22-21(26)24-20(25)19(18-12-8-5-9-13-18)23-16(2)14-15-17-10-6-4-7-11-17/h4-13,16,19,23H,3,14-15H2,1-2H3,(H2,22,24,25,26)/p+1/t16-,19-/m0/s1. The van der Waals surface area contributed by atoms with Crippen molar-refractivity contribution in [2.45, 2.75) is 38.8 Å². The molecular formula is C21H28N3O2+. The lowest BCUT2D eigenvalue weighted by molar-refractivity contribution is -0.713. The highest BCUT2D eigenvalue weighted by Gasteiger charge is 2.27. The Morgan fingerprint density at radius 1 is 1.00 bits per heavy atom. The molecule has 2 aromatic carbocycles. The number of nitrogens with one attached hydrogen (secondary N) is 2. The van der Waals surface area contributed by atoms with Crippen LogP contribution in [-0.4, -0.2) is 24.5 Å². The maximum atomic E-state index is 12.6. The third-order valence-corrected chi connectivity index (χ3v) is 4.27. The molecular weight excluding hydrogens is 326 g/mol. The topological polar surface area (TPSA) is 74.8 Å². The summed E-state index contributed by atoms with van der Waals surface area (Å²) in [5, 5.41) is 7.07. The quantitative estimate of drug-likeness (QED) is 0.679. The van der Waals surface area contributed by atoms with Crippen LogP contribution >= 0.6 is 0 Å². The van der Waals surface area contributed by atoms with Crippen LogP contribution in [0.15, 0.2) is 60.7 Å². The molecule has 0 aromatic heterocycles. The number of urea groups is 1. The minimum Gasteiger partial charge on any atom is -0.338 e. The normalized spacial score (nSPS) is 12.8. The van der Waals surface area contributed by atoms with Crippen molar-refractivity contribution in [1.29, 1.82) is 0 Å². The van der Waals surface area contributed by atoms with E-state index < -0.39 is 12.1 Å². The molecule has 0 radical (unpaired) electrons. The molecule has 0 heterocycles. The summed E-state index contributed by atoms with van der Waals surface area (Å²) in [5.74, 6) is -0.297. The van der Waals surface area contributed by atoms with Crippen molar-refractivity contribution in [2.75, 3.05) is 6.54 Å². The molecule has 4 N–H and O–H groups in total. The number of hydrogen-bond donors (Lipinski definition) is 3. The maximum absolute atomic E-state index is 12.6. The van der Waals surface area contributed by atoms with Crippen LogP contribution in [0.1, 0.15) is 37.4 Å². The predicted molar refractivity (Wildman–Crippen MR) is 103 cm³/mol. The van der Waals surface area contributed by atoms with Crippen LogP contribution in [0.5, 0.6) is 0 Å². The Morgan fingerprint density at radius 2 is 1.62 bits per heavy atom. The van der Waals surface area contributed by atoms with Gasteiger partial charge in [0, 0.05) is 18.5 Å². The van der Waals surface area contributed by atoms with E-state index in [1.165, 1.54) is 5.56 Å². The van der Waals surface area contributed by atoms with E-state index in [1.54, 1.807) is 0 Å². The van der Waals surface area contributed by atoms with E-state index in [-0.39, 0.29) is 11.9 Å². The average Bonchev–Trinajstić information content (AvgIpc) is 2.66. The second-order valence-corrected chi connectivity index (χ2v) is 6.43. The van der Waals surface area contributed by atoms with Gasteiger partial charge in [-0.05, 0) is 25.8 Å². The van der Waals surface area contributed by atoms with E-state index in [0.29, 0.717) is 6.54 Å². The molecule has 5 nitrogen and oxygen atoms in total. The molecule has 2 aromatic rings. The van der Waals surface area contributed by atoms with Gasteiger partial charge in [-0.3, -0.25) is 10.1 Å². The molecule has 0 aliphatic rings. The second-order valence-electron chi connectivity index (χ2n) is 6.43. The van der Waals surface area contributed by atoms with Crippen molar-refractivity contribution in [3.05, 3.63) is 71.8 Å². The molecule has 0 unspecified atom stereocenters. The van der Waals surface area contributed by atoms with Gasteiger partial charge in [-0.2, -0.15) is 0 Å². The SMILES string of the molecule is CCNC(=O)NC(=O)[C@@H]([NH2+][C@@H](C)CCc1ccccc1)c1ccccc1. The molecule has 0 saturated carbocycles. The number of benzene rings is 2. The van der Waals surface area contributed by atoms with Crippen molar-refractivity contribution in [1.82, 2.24) is 10.6 Å². The summed E-state index contributed by atoms with van der Waals surface area (Å²) in [6.45, 7) is 4.40. The highest BCUT2D eigenvalue weighted by atomic mass is 16.2. The van der Waals surface area contributed by atoms with Crippen LogP contribution in [0.3, 0.4) is 0 Å². The number of aryl methyl sites for hydroxylation is 1. The summed E-state index contributed by atoms with van der Waals surface area (Å²) in [6.07, 6.45) is 1.90. The van der Waals surface area contributed by atoms with Crippen molar-refractivity contribution in [2.24, 2.45) is 0 Å². The molecule has 0 fully saturated rings. The van der Waals surface area contributed by atoms with E-state index in [4.69, 9.17) is 0 Å². The lowest BCUT2D eigenvalue weighted by Crippen LogP contribution is -2.92. The van der Waals surface area contributed by atoms with Gasteiger partial charge in [-0.15, -0.1) is 0 Å². The largest absolute Gasteiger partial charge is 0.338 e. The van der Waals surface area contributed by atoms with Crippen LogP contribution < -0.4 is 16.0 Å². The first kappa shape index (κ1) is 19.7. The molecule has 2 atom stereocenters. The molecule has 0 aliphatic carbocycles. The first-order chi connectivity index (χ1) is 12.6. The van der Waals surface area contributed by atoms with E-state index in [9.17, 15) is 9.59 Å². The van der Waals surface area contributed by atoms with Crippen molar-refractivity contribution in [3.8, 4) is 0 Å². The van der Waals surface area contributed by atoms with Gasteiger partial charge in [0.15, 0.2) is 6.04 Å². The zero-order valence-electron chi connectivity index (χ0n) is 15.4. The molecule has 5 heteroatoms. The zero-order chi connectivity index (χ0) is 18.8. The zero-order valence-corrected chi connectivity index (χ0v) is 15.4. The van der Waals surface area contributed by atoms with Gasteiger partial charge < -0.3 is 10.6 Å². The Balaban J connectivity index is 2.01. The third kappa shape index (κ3) is 6.33. The first-order valence-electron chi connectivity index (χ1n) is 9.12. The number of carbonyl (C=O) groups excluding carboxylic acids is 2. The van der Waals surface area contributed by atoms with Crippen LogP contribution in [0.2, 0.25) is 0 Å². The average molecular weight is 354 g/mol. The van der Waals surface area contributed by atoms with Gasteiger partial charge in [-0.25, -0.2) is 4.79 Å². The summed E-state index contributed by atoms with van der Waals surface area (Å²) in [7, 11) is 0. The van der Waals surface area contributed by atoms with Crippen molar-refractivity contribution in [3.63, 3.8) is 0 Å². The van der Waals surface area contributed by atoms with Crippen LogP contribution in [0.25, 0.3) is 0 Å². The van der Waals surface area contributed by atoms with Gasteiger partial charge >= 0.3 is 6.03 Å². The Kier molecular flexibility index (Phi) is 7.83. The molecule has 3 amide bonds. The minimum absolute atomic E-state index is 0.236. The fourth-order valence-electron chi connectivity index (χ4n) is 2.87. The number of rotatable bonds is 8. The van der Waals surface area contributed by atoms with Crippen LogP contribution in [-0.2, 0) is 11.2 Å². The van der Waals surface area contributed by atoms with Gasteiger partial charge in [-0.1, -0.05) is 60.7 Å². The summed E-state index contributed by atoms with van der Waals surface area (Å²) in [5.41, 5.74) is 2.18. The number of carbonyl (C=O) groups is 2. The number of nitrogens with two attached hydrogens (primary N) is 1. The summed E-state index contributed by atoms with van der Waals surface area (Å²) >= 11 is 0. The third-order valence-electron chi connectivity index (χ3n) is 4.27. The maximum Gasteiger partial charge on any atom is 0.321 e. The molecule has 0 bridgehead atoms. The molecule has 2 rings (SSSR count). The fourth-order valence-corrected chi connectivity index (χ4v) is 2.87. The van der Waals surface area contributed by atoms with Gasteiger partial charge in [0.1, 0.15) is 0 Å². The smallest absolute Gasteiger partial charge is 0.321 e. The van der Waals surface area contributed by atoms with E-state index >= 15 is 0 Å². The Labute approximate surface area is 155 Å². The lowest BCUT2D eigenvalue weighted by Gasteiger charge is -2.20. The predicted octanol–water partition coefficient (Wildman–Crippen LogP) is 2.16. The van der Waals surface area contributed by atoms with Gasteiger partial charge in [0.2, 0.25) is 0 Å². The number of hydrogen-bond acceptors (Lipinski definition) is 2. The number of imide groups is 1. The first-order valence-corrected chi connectivity index (χ1v) is 9.12. The summed E-state index contributed by atoms with van der Waals surface area (Å²) in [6, 6.07) is 19.2. The Hall–Kier alpha value is -2.66. The molecule has 0 aliphatic heterocycles. The fraction of sp³-hybridized carbons (Fsp3) is 0.333. The Morgan fingerprint density at radius 3 is 2.23 bits per heavy atom. The lowest BCUT2D eigenvalue weighted by atomic mass is 10.0. The van der Waals surface area contributed by atoms with Crippen molar-refractivity contribution < 1.29 is 14.9 Å². The Bertz CT molecular complexity index is 689. The minimum atomic E-state index is -0.455. The van der Waals surface area contributed by atoms with E-state index in [1.807, 2.05) is 60.8 Å². The van der Waals surface area contributed by atoms with Crippen molar-refractivity contribution >= 4 is 11.9 Å². The van der Waals surface area contributed by atoms with E-state index in [2.05, 4.69) is 29.7 Å². The number of amides is 3.